The molecule has 0 atom stereocenters. The van der Waals surface area contributed by atoms with Crippen molar-refractivity contribution in [1.29, 1.82) is 0 Å². The molecule has 2 aromatic heterocycles. The van der Waals surface area contributed by atoms with Crippen molar-refractivity contribution >= 4 is 22.3 Å². The lowest BCUT2D eigenvalue weighted by molar-refractivity contribution is -0.136. The van der Waals surface area contributed by atoms with E-state index < -0.39 is 5.97 Å². The molecule has 0 fully saturated rings. The smallest absolute Gasteiger partial charge is 0.309 e. The first kappa shape index (κ1) is 15.7. The normalized spacial score (nSPS) is 12.0. The lowest BCUT2D eigenvalue weighted by Crippen LogP contribution is -2.10. The zero-order valence-corrected chi connectivity index (χ0v) is 14.6. The summed E-state index contributed by atoms with van der Waals surface area (Å²) < 4.78 is 1.95. The van der Waals surface area contributed by atoms with E-state index in [4.69, 9.17) is 10.1 Å². The van der Waals surface area contributed by atoms with Crippen LogP contribution in [-0.2, 0) is 16.6 Å². The van der Waals surface area contributed by atoms with Gasteiger partial charge < -0.3 is 5.11 Å². The fraction of sp³-hybridized carbons (Fsp3) is 0.333. The molecule has 0 saturated carbocycles. The fourth-order valence-corrected chi connectivity index (χ4v) is 3.68. The molecule has 0 aliphatic carbocycles. The summed E-state index contributed by atoms with van der Waals surface area (Å²) in [6.45, 7) is 8.57. The number of carboxylic acids is 1. The number of thiazole rings is 1. The lowest BCUT2D eigenvalue weighted by Gasteiger charge is -2.19. The van der Waals surface area contributed by atoms with Gasteiger partial charge in [-0.25, -0.2) is 4.98 Å². The van der Waals surface area contributed by atoms with E-state index in [0.717, 1.165) is 27.6 Å². The van der Waals surface area contributed by atoms with E-state index in [1.165, 1.54) is 16.9 Å². The van der Waals surface area contributed by atoms with Crippen LogP contribution in [0.2, 0.25) is 0 Å². The van der Waals surface area contributed by atoms with Gasteiger partial charge in [-0.1, -0.05) is 45.0 Å². The maximum Gasteiger partial charge on any atom is 0.309 e. The maximum atomic E-state index is 11.0. The zero-order valence-electron chi connectivity index (χ0n) is 13.8. The van der Waals surface area contributed by atoms with Gasteiger partial charge in [0.2, 0.25) is 0 Å². The monoisotopic (exact) mass is 328 g/mol. The Morgan fingerprint density at radius 2 is 1.91 bits per heavy atom. The van der Waals surface area contributed by atoms with E-state index in [1.54, 1.807) is 0 Å². The van der Waals surface area contributed by atoms with Crippen molar-refractivity contribution in [3.8, 4) is 11.3 Å². The Labute approximate surface area is 139 Å². The number of aromatic nitrogens is 2. The van der Waals surface area contributed by atoms with E-state index in [2.05, 4.69) is 45.0 Å². The summed E-state index contributed by atoms with van der Waals surface area (Å²) in [6.07, 6.45) is 0.0135. The number of hydrogen-bond donors (Lipinski definition) is 1. The van der Waals surface area contributed by atoms with Crippen LogP contribution in [0.1, 0.15) is 37.7 Å². The van der Waals surface area contributed by atoms with Gasteiger partial charge in [-0.3, -0.25) is 9.20 Å². The Kier molecular flexibility index (Phi) is 3.76. The second-order valence-corrected chi connectivity index (χ2v) is 7.63. The summed E-state index contributed by atoms with van der Waals surface area (Å²) in [4.78, 5) is 16.5. The predicted molar refractivity (Wildman–Crippen MR) is 93.3 cm³/mol. The van der Waals surface area contributed by atoms with Gasteiger partial charge in [0.15, 0.2) is 4.96 Å². The first-order chi connectivity index (χ1) is 10.8. The molecule has 4 nitrogen and oxygen atoms in total. The molecular formula is C18H20N2O2S. The van der Waals surface area contributed by atoms with Crippen molar-refractivity contribution in [2.75, 3.05) is 0 Å². The molecule has 23 heavy (non-hydrogen) atoms. The van der Waals surface area contributed by atoms with E-state index in [9.17, 15) is 4.79 Å². The highest BCUT2D eigenvalue weighted by Gasteiger charge is 2.18. The molecule has 0 aliphatic heterocycles. The summed E-state index contributed by atoms with van der Waals surface area (Å²) in [7, 11) is 0. The van der Waals surface area contributed by atoms with E-state index >= 15 is 0 Å². The average molecular weight is 328 g/mol. The average Bonchev–Trinajstić information content (AvgIpc) is 2.99. The van der Waals surface area contributed by atoms with Gasteiger partial charge in [-0.05, 0) is 17.9 Å². The van der Waals surface area contributed by atoms with Gasteiger partial charge in [0.1, 0.15) is 0 Å². The topological polar surface area (TPSA) is 54.6 Å². The van der Waals surface area contributed by atoms with E-state index in [0.29, 0.717) is 0 Å². The van der Waals surface area contributed by atoms with Gasteiger partial charge in [-0.2, -0.15) is 0 Å². The van der Waals surface area contributed by atoms with Gasteiger partial charge in [-0.15, -0.1) is 11.3 Å². The zero-order chi connectivity index (χ0) is 16.8. The minimum Gasteiger partial charge on any atom is -0.481 e. The number of imidazole rings is 1. The number of hydrogen-bond acceptors (Lipinski definition) is 3. The summed E-state index contributed by atoms with van der Waals surface area (Å²) in [5, 5.41) is 10.9. The number of carbonyl (C=O) groups is 1. The molecule has 2 heterocycles. The van der Waals surface area contributed by atoms with Crippen LogP contribution in [0.4, 0.5) is 0 Å². The number of nitrogens with zero attached hydrogens (tertiary/aromatic N) is 2. The van der Waals surface area contributed by atoms with Crippen molar-refractivity contribution in [2.45, 2.75) is 39.5 Å². The van der Waals surface area contributed by atoms with Crippen LogP contribution in [0.25, 0.3) is 16.2 Å². The van der Waals surface area contributed by atoms with Crippen LogP contribution in [-0.4, -0.2) is 20.5 Å². The second-order valence-electron chi connectivity index (χ2n) is 6.79. The molecule has 0 bridgehead atoms. The minimum absolute atomic E-state index is 0.0135. The quantitative estimate of drug-likeness (QED) is 0.780. The number of benzene rings is 1. The highest BCUT2D eigenvalue weighted by molar-refractivity contribution is 7.15. The molecule has 3 aromatic rings. The third-order valence-corrected chi connectivity index (χ3v) is 4.90. The van der Waals surface area contributed by atoms with Crippen molar-refractivity contribution < 1.29 is 9.90 Å². The molecule has 5 heteroatoms. The molecule has 3 rings (SSSR count). The number of fused-ring (bicyclic) bond motifs is 1. The third-order valence-electron chi connectivity index (χ3n) is 4.02. The number of carboxylic acid groups (broad SMARTS) is 1. The second kappa shape index (κ2) is 5.49. The molecule has 0 saturated heterocycles. The van der Waals surface area contributed by atoms with Crippen LogP contribution >= 0.6 is 11.3 Å². The Morgan fingerprint density at radius 3 is 2.48 bits per heavy atom. The largest absolute Gasteiger partial charge is 0.481 e. The van der Waals surface area contributed by atoms with Crippen LogP contribution in [0.15, 0.2) is 29.6 Å². The SMILES string of the molecule is Cc1c(-c2ccc(C(C)(C)C)cc2)nc2scc(CC(=O)O)n12. The van der Waals surface area contributed by atoms with Gasteiger partial charge in [0.05, 0.1) is 12.1 Å². The minimum atomic E-state index is -0.825. The number of aliphatic carboxylic acids is 1. The number of aryl methyl sites for hydroxylation is 1. The van der Waals surface area contributed by atoms with Crippen LogP contribution in [0.5, 0.6) is 0 Å². The van der Waals surface area contributed by atoms with Crippen LogP contribution < -0.4 is 0 Å². The van der Waals surface area contributed by atoms with Crippen molar-refractivity contribution in [1.82, 2.24) is 9.38 Å². The highest BCUT2D eigenvalue weighted by Crippen LogP contribution is 2.30. The Hall–Kier alpha value is -2.14. The van der Waals surface area contributed by atoms with Crippen molar-refractivity contribution in [3.05, 3.63) is 46.6 Å². The molecule has 0 aliphatic rings. The molecule has 0 radical (unpaired) electrons. The van der Waals surface area contributed by atoms with Crippen molar-refractivity contribution in [2.24, 2.45) is 0 Å². The molecule has 0 amide bonds. The Balaban J connectivity index is 2.05. The van der Waals surface area contributed by atoms with Gasteiger partial charge >= 0.3 is 5.97 Å². The molecule has 0 spiro atoms. The molecule has 0 unspecified atom stereocenters. The van der Waals surface area contributed by atoms with Gasteiger partial charge in [0, 0.05) is 22.3 Å². The molecule has 120 valence electrons. The molecular weight excluding hydrogens is 308 g/mol. The molecule has 1 aromatic carbocycles. The standard InChI is InChI=1S/C18H20N2O2S/c1-11-16(12-5-7-13(8-6-12)18(2,3)4)19-17-20(11)14(10-23-17)9-15(21)22/h5-8,10H,9H2,1-4H3,(H,21,22). The van der Waals surface area contributed by atoms with E-state index in [1.807, 2.05) is 16.7 Å². The lowest BCUT2D eigenvalue weighted by atomic mass is 9.86. The fourth-order valence-electron chi connectivity index (χ4n) is 2.74. The first-order valence-corrected chi connectivity index (χ1v) is 8.43. The summed E-state index contributed by atoms with van der Waals surface area (Å²) in [6, 6.07) is 8.47. The van der Waals surface area contributed by atoms with Gasteiger partial charge in [0.25, 0.3) is 0 Å². The van der Waals surface area contributed by atoms with E-state index in [-0.39, 0.29) is 11.8 Å². The highest BCUT2D eigenvalue weighted by atomic mass is 32.1. The predicted octanol–water partition coefficient (Wildman–Crippen LogP) is 4.30. The summed E-state index contributed by atoms with van der Waals surface area (Å²) in [5.41, 5.74) is 5.15. The van der Waals surface area contributed by atoms with Crippen LogP contribution in [0, 0.1) is 6.92 Å². The summed E-state index contributed by atoms with van der Waals surface area (Å²) in [5.74, 6) is -0.825. The number of rotatable bonds is 3. The Bertz CT molecular complexity index is 867. The third kappa shape index (κ3) is 2.88. The summed E-state index contributed by atoms with van der Waals surface area (Å²) >= 11 is 1.48. The van der Waals surface area contributed by atoms with Crippen LogP contribution in [0.3, 0.4) is 0 Å². The maximum absolute atomic E-state index is 11.0. The first-order valence-electron chi connectivity index (χ1n) is 7.55. The molecule has 1 N–H and O–H groups in total. The van der Waals surface area contributed by atoms with Crippen molar-refractivity contribution in [3.63, 3.8) is 0 Å². The Morgan fingerprint density at radius 1 is 1.26 bits per heavy atom.